The van der Waals surface area contributed by atoms with Crippen molar-refractivity contribution in [1.29, 1.82) is 0 Å². The SMILES string of the molecule is O=C(CO)OCn1c(=O)ccc2ccc(OCCCCN3CCN(c4cccc(Cl)c4Cl)CC3)cc21. The van der Waals surface area contributed by atoms with Crippen LogP contribution in [0.15, 0.2) is 53.3 Å². The summed E-state index contributed by atoms with van der Waals surface area (Å²) in [5, 5.41) is 10.9. The molecule has 1 aromatic heterocycles. The van der Waals surface area contributed by atoms with Gasteiger partial charge in [0.05, 0.1) is 27.9 Å². The van der Waals surface area contributed by atoms with Gasteiger partial charge in [-0.3, -0.25) is 14.3 Å². The van der Waals surface area contributed by atoms with Crippen LogP contribution in [0.2, 0.25) is 10.0 Å². The van der Waals surface area contributed by atoms with Crippen molar-refractivity contribution in [2.45, 2.75) is 19.6 Å². The Morgan fingerprint density at radius 1 is 1.00 bits per heavy atom. The molecule has 1 saturated heterocycles. The van der Waals surface area contributed by atoms with Gasteiger partial charge in [0.1, 0.15) is 12.4 Å². The lowest BCUT2D eigenvalue weighted by Crippen LogP contribution is -2.46. The van der Waals surface area contributed by atoms with Gasteiger partial charge in [0.2, 0.25) is 0 Å². The van der Waals surface area contributed by atoms with Crippen molar-refractivity contribution in [1.82, 2.24) is 9.47 Å². The fraction of sp³-hybridized carbons (Fsp3) is 0.385. The number of piperazine rings is 1. The maximum absolute atomic E-state index is 12.3. The van der Waals surface area contributed by atoms with E-state index in [1.54, 1.807) is 18.2 Å². The summed E-state index contributed by atoms with van der Waals surface area (Å²) in [6.45, 7) is 4.29. The second-order valence-electron chi connectivity index (χ2n) is 8.58. The van der Waals surface area contributed by atoms with Crippen molar-refractivity contribution in [3.8, 4) is 5.75 Å². The number of rotatable bonds is 10. The number of carbonyl (C=O) groups is 1. The average Bonchev–Trinajstić information content (AvgIpc) is 2.89. The topological polar surface area (TPSA) is 84.2 Å². The van der Waals surface area contributed by atoms with Crippen molar-refractivity contribution in [2.24, 2.45) is 0 Å². The van der Waals surface area contributed by atoms with Crippen LogP contribution in [0.25, 0.3) is 10.9 Å². The summed E-state index contributed by atoms with van der Waals surface area (Å²) in [6.07, 6.45) is 1.90. The molecular formula is C26H29Cl2N3O5. The molecule has 1 N–H and O–H groups in total. The molecule has 10 heteroatoms. The smallest absolute Gasteiger partial charge is 0.333 e. The molecule has 3 aromatic rings. The highest BCUT2D eigenvalue weighted by atomic mass is 35.5. The monoisotopic (exact) mass is 533 g/mol. The van der Waals surface area contributed by atoms with Crippen molar-refractivity contribution in [3.63, 3.8) is 0 Å². The molecule has 4 rings (SSSR count). The molecule has 0 atom stereocenters. The highest BCUT2D eigenvalue weighted by molar-refractivity contribution is 6.43. The number of halogens is 2. The van der Waals surface area contributed by atoms with Gasteiger partial charge >= 0.3 is 5.97 Å². The van der Waals surface area contributed by atoms with Gasteiger partial charge in [-0.2, -0.15) is 0 Å². The number of carbonyl (C=O) groups excluding carboxylic acids is 1. The molecule has 1 aliphatic rings. The molecule has 36 heavy (non-hydrogen) atoms. The number of hydrogen-bond donors (Lipinski definition) is 1. The second-order valence-corrected chi connectivity index (χ2v) is 9.37. The Bertz CT molecular complexity index is 1260. The zero-order chi connectivity index (χ0) is 25.5. The van der Waals surface area contributed by atoms with Gasteiger partial charge in [0.15, 0.2) is 6.73 Å². The van der Waals surface area contributed by atoms with E-state index in [1.807, 2.05) is 24.3 Å². The molecule has 0 amide bonds. The van der Waals surface area contributed by atoms with Gasteiger partial charge in [-0.25, -0.2) is 4.79 Å². The van der Waals surface area contributed by atoms with Gasteiger partial charge in [-0.05, 0) is 55.1 Å². The van der Waals surface area contributed by atoms with Crippen LogP contribution in [0.5, 0.6) is 5.75 Å². The third kappa shape index (κ3) is 6.50. The normalized spacial score (nSPS) is 14.2. The van der Waals surface area contributed by atoms with Gasteiger partial charge in [0, 0.05) is 38.3 Å². The van der Waals surface area contributed by atoms with Crippen LogP contribution in [0, 0.1) is 0 Å². The molecule has 1 fully saturated rings. The highest BCUT2D eigenvalue weighted by Crippen LogP contribution is 2.32. The maximum atomic E-state index is 12.3. The van der Waals surface area contributed by atoms with Crippen molar-refractivity contribution < 1.29 is 19.4 Å². The Balaban J connectivity index is 1.23. The number of hydrogen-bond acceptors (Lipinski definition) is 7. The number of ether oxygens (including phenoxy) is 2. The minimum atomic E-state index is -0.791. The van der Waals surface area contributed by atoms with E-state index < -0.39 is 12.6 Å². The predicted molar refractivity (Wildman–Crippen MR) is 141 cm³/mol. The Morgan fingerprint density at radius 3 is 2.56 bits per heavy atom. The number of benzene rings is 2. The van der Waals surface area contributed by atoms with Crippen molar-refractivity contribution >= 4 is 45.8 Å². The number of aromatic nitrogens is 1. The van der Waals surface area contributed by atoms with Crippen LogP contribution in [-0.2, 0) is 16.3 Å². The number of anilines is 1. The van der Waals surface area contributed by atoms with Crippen molar-refractivity contribution in [2.75, 3.05) is 50.8 Å². The Kier molecular flexibility index (Phi) is 9.09. The Labute approximate surface area is 219 Å². The quantitative estimate of drug-likeness (QED) is 0.313. The third-order valence-electron chi connectivity index (χ3n) is 6.23. The molecule has 0 radical (unpaired) electrons. The lowest BCUT2D eigenvalue weighted by Gasteiger charge is -2.36. The molecule has 2 aromatic carbocycles. The van der Waals surface area contributed by atoms with E-state index in [2.05, 4.69) is 9.80 Å². The Hall–Kier alpha value is -2.78. The van der Waals surface area contributed by atoms with E-state index in [4.69, 9.17) is 37.8 Å². The fourth-order valence-corrected chi connectivity index (χ4v) is 4.66. The van der Waals surface area contributed by atoms with Gasteiger partial charge in [-0.1, -0.05) is 29.3 Å². The lowest BCUT2D eigenvalue weighted by molar-refractivity contribution is -0.150. The number of unbranched alkanes of at least 4 members (excludes halogenated alkanes) is 1. The predicted octanol–water partition coefficient (Wildman–Crippen LogP) is 3.78. The van der Waals surface area contributed by atoms with E-state index in [9.17, 15) is 9.59 Å². The molecule has 0 bridgehead atoms. The van der Waals surface area contributed by atoms with Crippen LogP contribution >= 0.6 is 23.2 Å². The summed E-state index contributed by atoms with van der Waals surface area (Å²) in [4.78, 5) is 28.3. The van der Waals surface area contributed by atoms with Crippen LogP contribution in [0.4, 0.5) is 5.69 Å². The molecule has 0 aliphatic carbocycles. The lowest BCUT2D eigenvalue weighted by atomic mass is 10.2. The number of nitrogens with zero attached hydrogens (tertiary/aromatic N) is 3. The van der Waals surface area contributed by atoms with Crippen LogP contribution < -0.4 is 15.2 Å². The summed E-state index contributed by atoms with van der Waals surface area (Å²) >= 11 is 12.5. The van der Waals surface area contributed by atoms with E-state index in [1.165, 1.54) is 10.6 Å². The first-order valence-corrected chi connectivity index (χ1v) is 12.7. The summed E-state index contributed by atoms with van der Waals surface area (Å²) in [7, 11) is 0. The van der Waals surface area contributed by atoms with E-state index in [0.29, 0.717) is 27.9 Å². The summed E-state index contributed by atoms with van der Waals surface area (Å²) in [6, 6.07) is 14.4. The van der Waals surface area contributed by atoms with Crippen LogP contribution in [0.3, 0.4) is 0 Å². The molecule has 8 nitrogen and oxygen atoms in total. The summed E-state index contributed by atoms with van der Waals surface area (Å²) < 4.78 is 12.2. The Morgan fingerprint density at radius 2 is 1.78 bits per heavy atom. The van der Waals surface area contributed by atoms with E-state index in [-0.39, 0.29) is 12.3 Å². The standard InChI is InChI=1S/C26H29Cl2N3O5/c27-21-4-3-5-22(26(21)28)30-13-11-29(12-14-30)10-1-2-15-35-20-8-6-19-7-9-24(33)31(23(19)16-20)18-36-25(34)17-32/h3-9,16,32H,1-2,10-15,17-18H2. The zero-order valence-corrected chi connectivity index (χ0v) is 21.4. The molecule has 192 valence electrons. The number of aliphatic hydroxyl groups excluding tert-OH is 1. The van der Waals surface area contributed by atoms with Gasteiger partial charge in [0.25, 0.3) is 5.56 Å². The average molecular weight is 534 g/mol. The molecule has 0 spiro atoms. The van der Waals surface area contributed by atoms with Crippen molar-refractivity contribution in [3.05, 3.63) is 68.9 Å². The first kappa shape index (κ1) is 26.3. The largest absolute Gasteiger partial charge is 0.494 e. The minimum Gasteiger partial charge on any atom is -0.494 e. The molecular weight excluding hydrogens is 505 g/mol. The fourth-order valence-electron chi connectivity index (χ4n) is 4.25. The third-order valence-corrected chi connectivity index (χ3v) is 7.04. The number of fused-ring (bicyclic) bond motifs is 1. The summed E-state index contributed by atoms with van der Waals surface area (Å²) in [5.41, 5.74) is 1.29. The first-order chi connectivity index (χ1) is 17.5. The van der Waals surface area contributed by atoms with E-state index in [0.717, 1.165) is 56.6 Å². The second kappa shape index (κ2) is 12.5. The maximum Gasteiger partial charge on any atom is 0.333 e. The number of pyridine rings is 1. The zero-order valence-electron chi connectivity index (χ0n) is 19.9. The number of aliphatic hydroxyl groups is 1. The molecule has 1 aliphatic heterocycles. The van der Waals surface area contributed by atoms with Crippen LogP contribution in [-0.4, -0.2) is 66.5 Å². The number of esters is 1. The summed E-state index contributed by atoms with van der Waals surface area (Å²) in [5.74, 6) is -0.150. The van der Waals surface area contributed by atoms with Gasteiger partial charge in [-0.15, -0.1) is 0 Å². The molecule has 0 saturated carbocycles. The highest BCUT2D eigenvalue weighted by Gasteiger charge is 2.19. The first-order valence-electron chi connectivity index (χ1n) is 11.9. The molecule has 0 unspecified atom stereocenters. The van der Waals surface area contributed by atoms with E-state index >= 15 is 0 Å². The van der Waals surface area contributed by atoms with Gasteiger partial charge < -0.3 is 19.5 Å². The minimum absolute atomic E-state index is 0.268. The molecule has 2 heterocycles. The van der Waals surface area contributed by atoms with Crippen LogP contribution in [0.1, 0.15) is 12.8 Å².